The molecule has 0 saturated carbocycles. The SMILES string of the molecule is C=CCc1c(/C=C(\C)NC(CC)CCC)ccc(CC)c1C. The lowest BCUT2D eigenvalue weighted by Gasteiger charge is -2.19. The first-order valence-electron chi connectivity index (χ1n) is 8.74. The summed E-state index contributed by atoms with van der Waals surface area (Å²) in [6.45, 7) is 15.1. The molecule has 1 nitrogen and oxygen atoms in total. The Hall–Kier alpha value is -1.50. The van der Waals surface area contributed by atoms with Crippen LogP contribution in [0, 0.1) is 6.92 Å². The second-order valence-corrected chi connectivity index (χ2v) is 6.13. The van der Waals surface area contributed by atoms with Crippen LogP contribution < -0.4 is 5.32 Å². The fourth-order valence-corrected chi connectivity index (χ4v) is 3.08. The van der Waals surface area contributed by atoms with Gasteiger partial charge in [-0.15, -0.1) is 6.58 Å². The molecule has 0 aliphatic carbocycles. The van der Waals surface area contributed by atoms with Gasteiger partial charge in [0.25, 0.3) is 0 Å². The first-order valence-corrected chi connectivity index (χ1v) is 8.74. The third-order valence-corrected chi connectivity index (χ3v) is 4.41. The number of aryl methyl sites for hydroxylation is 1. The van der Waals surface area contributed by atoms with Crippen LogP contribution >= 0.6 is 0 Å². The van der Waals surface area contributed by atoms with E-state index < -0.39 is 0 Å². The topological polar surface area (TPSA) is 12.0 Å². The van der Waals surface area contributed by atoms with Crippen LogP contribution in [0.25, 0.3) is 6.08 Å². The van der Waals surface area contributed by atoms with Gasteiger partial charge < -0.3 is 5.32 Å². The summed E-state index contributed by atoms with van der Waals surface area (Å²) in [5, 5.41) is 3.67. The van der Waals surface area contributed by atoms with Crippen LogP contribution in [0.15, 0.2) is 30.5 Å². The Labute approximate surface area is 137 Å². The monoisotopic (exact) mass is 299 g/mol. The zero-order valence-corrected chi connectivity index (χ0v) is 15.1. The Balaban J connectivity index is 3.06. The highest BCUT2D eigenvalue weighted by molar-refractivity contribution is 5.60. The van der Waals surface area contributed by atoms with Crippen molar-refractivity contribution >= 4 is 6.08 Å². The normalized spacial score (nSPS) is 13.0. The van der Waals surface area contributed by atoms with Gasteiger partial charge >= 0.3 is 0 Å². The van der Waals surface area contributed by atoms with E-state index in [0.717, 1.165) is 12.8 Å². The third-order valence-electron chi connectivity index (χ3n) is 4.41. The van der Waals surface area contributed by atoms with Gasteiger partial charge in [-0.1, -0.05) is 45.4 Å². The molecule has 122 valence electrons. The smallest absolute Gasteiger partial charge is 0.0255 e. The number of benzene rings is 1. The van der Waals surface area contributed by atoms with Gasteiger partial charge in [0, 0.05) is 11.7 Å². The lowest BCUT2D eigenvalue weighted by atomic mass is 9.93. The largest absolute Gasteiger partial charge is 0.386 e. The van der Waals surface area contributed by atoms with Crippen LogP contribution in [0.3, 0.4) is 0 Å². The van der Waals surface area contributed by atoms with Crippen molar-refractivity contribution in [2.24, 2.45) is 0 Å². The molecule has 0 aliphatic rings. The van der Waals surface area contributed by atoms with Crippen molar-refractivity contribution in [1.29, 1.82) is 0 Å². The van der Waals surface area contributed by atoms with E-state index in [-0.39, 0.29) is 0 Å². The summed E-state index contributed by atoms with van der Waals surface area (Å²) >= 11 is 0. The molecule has 1 rings (SSSR count). The highest BCUT2D eigenvalue weighted by Crippen LogP contribution is 2.22. The highest BCUT2D eigenvalue weighted by atomic mass is 14.9. The van der Waals surface area contributed by atoms with Gasteiger partial charge in [-0.2, -0.15) is 0 Å². The Bertz CT molecular complexity index is 511. The number of rotatable bonds is 9. The molecule has 0 spiro atoms. The zero-order chi connectivity index (χ0) is 16.5. The minimum atomic E-state index is 0.583. The van der Waals surface area contributed by atoms with Crippen molar-refractivity contribution in [2.45, 2.75) is 72.8 Å². The molecule has 0 amide bonds. The van der Waals surface area contributed by atoms with E-state index in [1.807, 2.05) is 6.08 Å². The van der Waals surface area contributed by atoms with Crippen LogP contribution in [-0.4, -0.2) is 6.04 Å². The van der Waals surface area contributed by atoms with E-state index in [1.54, 1.807) is 0 Å². The van der Waals surface area contributed by atoms with Crippen LogP contribution in [0.5, 0.6) is 0 Å². The molecule has 1 heteroatoms. The summed E-state index contributed by atoms with van der Waals surface area (Å²) in [4.78, 5) is 0. The summed E-state index contributed by atoms with van der Waals surface area (Å²) in [6.07, 6.45) is 9.96. The molecule has 0 heterocycles. The van der Waals surface area contributed by atoms with Crippen molar-refractivity contribution in [3.05, 3.63) is 52.7 Å². The summed E-state index contributed by atoms with van der Waals surface area (Å²) in [5.41, 5.74) is 6.86. The summed E-state index contributed by atoms with van der Waals surface area (Å²) in [6, 6.07) is 5.11. The zero-order valence-electron chi connectivity index (χ0n) is 15.1. The minimum Gasteiger partial charge on any atom is -0.386 e. The highest BCUT2D eigenvalue weighted by Gasteiger charge is 2.08. The van der Waals surface area contributed by atoms with E-state index in [1.165, 1.54) is 47.2 Å². The quantitative estimate of drug-likeness (QED) is 0.567. The maximum Gasteiger partial charge on any atom is 0.0255 e. The molecule has 0 fully saturated rings. The predicted octanol–water partition coefficient (Wildman–Crippen LogP) is 5.82. The summed E-state index contributed by atoms with van der Waals surface area (Å²) in [7, 11) is 0. The van der Waals surface area contributed by atoms with Crippen molar-refractivity contribution in [1.82, 2.24) is 5.32 Å². The fraction of sp³-hybridized carbons (Fsp3) is 0.524. The van der Waals surface area contributed by atoms with Crippen LogP contribution in [0.2, 0.25) is 0 Å². The van der Waals surface area contributed by atoms with Crippen molar-refractivity contribution < 1.29 is 0 Å². The Morgan fingerprint density at radius 2 is 2.00 bits per heavy atom. The molecule has 1 N–H and O–H groups in total. The van der Waals surface area contributed by atoms with Crippen molar-refractivity contribution in [3.8, 4) is 0 Å². The molecule has 0 radical (unpaired) electrons. The van der Waals surface area contributed by atoms with Gasteiger partial charge in [0.1, 0.15) is 0 Å². The average Bonchev–Trinajstić information content (AvgIpc) is 2.50. The van der Waals surface area contributed by atoms with Gasteiger partial charge in [0.15, 0.2) is 0 Å². The Morgan fingerprint density at radius 3 is 2.55 bits per heavy atom. The van der Waals surface area contributed by atoms with Gasteiger partial charge in [-0.3, -0.25) is 0 Å². The first kappa shape index (κ1) is 18.5. The first-order chi connectivity index (χ1) is 10.6. The van der Waals surface area contributed by atoms with Crippen LogP contribution in [0.4, 0.5) is 0 Å². The van der Waals surface area contributed by atoms with E-state index in [4.69, 9.17) is 0 Å². The second kappa shape index (κ2) is 9.50. The molecule has 1 atom stereocenters. The van der Waals surface area contributed by atoms with Gasteiger partial charge in [-0.25, -0.2) is 0 Å². The molecule has 0 saturated heterocycles. The van der Waals surface area contributed by atoms with Crippen molar-refractivity contribution in [2.75, 3.05) is 0 Å². The van der Waals surface area contributed by atoms with Crippen molar-refractivity contribution in [3.63, 3.8) is 0 Å². The third kappa shape index (κ3) is 5.05. The van der Waals surface area contributed by atoms with E-state index in [2.05, 4.69) is 64.7 Å². The lowest BCUT2D eigenvalue weighted by molar-refractivity contribution is 0.507. The molecule has 1 aromatic rings. The number of hydrogen-bond acceptors (Lipinski definition) is 1. The Kier molecular flexibility index (Phi) is 8.01. The number of allylic oxidation sites excluding steroid dienone is 2. The van der Waals surface area contributed by atoms with Crippen LogP contribution in [0.1, 0.15) is 69.2 Å². The van der Waals surface area contributed by atoms with E-state index in [9.17, 15) is 0 Å². The summed E-state index contributed by atoms with van der Waals surface area (Å²) in [5.74, 6) is 0. The molecule has 0 bridgehead atoms. The number of hydrogen-bond donors (Lipinski definition) is 1. The lowest BCUT2D eigenvalue weighted by Crippen LogP contribution is -2.26. The van der Waals surface area contributed by atoms with Crippen LogP contribution in [-0.2, 0) is 12.8 Å². The molecule has 0 aliphatic heterocycles. The molecule has 1 aromatic carbocycles. The number of nitrogens with one attached hydrogen (secondary N) is 1. The van der Waals surface area contributed by atoms with Gasteiger partial charge in [0.05, 0.1) is 0 Å². The van der Waals surface area contributed by atoms with E-state index in [0.29, 0.717) is 6.04 Å². The molecular formula is C21H33N. The predicted molar refractivity (Wildman–Crippen MR) is 100 cm³/mol. The van der Waals surface area contributed by atoms with E-state index >= 15 is 0 Å². The molecule has 1 unspecified atom stereocenters. The maximum absolute atomic E-state index is 3.92. The Morgan fingerprint density at radius 1 is 1.27 bits per heavy atom. The average molecular weight is 300 g/mol. The standard InChI is InChI=1S/C21H33N/c1-7-11-20(10-4)22-16(5)15-19-14-13-18(9-3)17(6)21(19)12-8-2/h8,13-15,20,22H,2,7,9-12H2,1,3-6H3/b16-15+. The fourth-order valence-electron chi connectivity index (χ4n) is 3.08. The summed E-state index contributed by atoms with van der Waals surface area (Å²) < 4.78 is 0. The maximum atomic E-state index is 3.92. The molecule has 0 aromatic heterocycles. The van der Waals surface area contributed by atoms with Gasteiger partial charge in [0.2, 0.25) is 0 Å². The molecular weight excluding hydrogens is 266 g/mol. The molecule has 22 heavy (non-hydrogen) atoms. The van der Waals surface area contributed by atoms with Gasteiger partial charge in [-0.05, 0) is 67.9 Å². The minimum absolute atomic E-state index is 0.583. The second-order valence-electron chi connectivity index (χ2n) is 6.13.